The summed E-state index contributed by atoms with van der Waals surface area (Å²) >= 11 is 0. The molecular weight excluding hydrogens is 440 g/mol. The van der Waals surface area contributed by atoms with Crippen LogP contribution < -0.4 is 23.7 Å². The summed E-state index contributed by atoms with van der Waals surface area (Å²) in [6.45, 7) is 7.13. The van der Waals surface area contributed by atoms with Gasteiger partial charge in [-0.2, -0.15) is 0 Å². The fourth-order valence-electron chi connectivity index (χ4n) is 4.52. The van der Waals surface area contributed by atoms with Gasteiger partial charge < -0.3 is 32.8 Å². The molecule has 8 heteroatoms. The molecule has 0 fully saturated rings. The van der Waals surface area contributed by atoms with Gasteiger partial charge in [0.25, 0.3) is 5.95 Å². The molecule has 174 valence electrons. The lowest BCUT2D eigenvalue weighted by Crippen LogP contribution is -2.26. The van der Waals surface area contributed by atoms with Crippen LogP contribution >= 0.6 is 0 Å². The van der Waals surface area contributed by atoms with Crippen molar-refractivity contribution in [1.82, 2.24) is 0 Å². The normalized spacial score (nSPS) is 18.2. The van der Waals surface area contributed by atoms with Crippen LogP contribution in [0.3, 0.4) is 0 Å². The Labute approximate surface area is 194 Å². The highest BCUT2D eigenvalue weighted by Crippen LogP contribution is 2.52. The van der Waals surface area contributed by atoms with E-state index < -0.39 is 8.32 Å². The molecule has 2 aliphatic heterocycles. The average molecular weight is 469 g/mol. The first-order valence-corrected chi connectivity index (χ1v) is 14.2. The molecule has 2 aromatic carbocycles. The molecule has 2 heterocycles. The van der Waals surface area contributed by atoms with E-state index in [0.717, 1.165) is 39.3 Å². The third-order valence-corrected chi connectivity index (χ3v) is 6.65. The highest BCUT2D eigenvalue weighted by molar-refractivity contribution is 6.70. The Balaban J connectivity index is 1.76. The van der Waals surface area contributed by atoms with Crippen molar-refractivity contribution in [2.45, 2.75) is 25.6 Å². The first kappa shape index (κ1) is 21.6. The highest BCUT2D eigenvalue weighted by atomic mass is 28.4. The van der Waals surface area contributed by atoms with Gasteiger partial charge in [-0.3, -0.25) is 0 Å². The number of benzene rings is 2. The summed E-state index contributed by atoms with van der Waals surface area (Å²) in [6.07, 6.45) is 2.15. The predicted octanol–water partition coefficient (Wildman–Crippen LogP) is 5.06. The smallest absolute Gasteiger partial charge is 0.270 e. The minimum atomic E-state index is -1.91. The number of methoxy groups -OCH3 is 3. The molecule has 3 aliphatic rings. The van der Waals surface area contributed by atoms with Gasteiger partial charge in [0.2, 0.25) is 20.9 Å². The van der Waals surface area contributed by atoms with Crippen molar-refractivity contribution in [1.29, 1.82) is 0 Å². The Hall–Kier alpha value is -3.26. The quantitative estimate of drug-likeness (QED) is 0.549. The molecule has 0 spiro atoms. The third-order valence-electron chi connectivity index (χ3n) is 5.85. The van der Waals surface area contributed by atoms with Crippen LogP contribution in [0.15, 0.2) is 41.4 Å². The average Bonchev–Trinajstić information content (AvgIpc) is 3.40. The van der Waals surface area contributed by atoms with Gasteiger partial charge in [0, 0.05) is 17.1 Å². The summed E-state index contributed by atoms with van der Waals surface area (Å²) in [7, 11) is 2.93. The van der Waals surface area contributed by atoms with Crippen molar-refractivity contribution in [3.63, 3.8) is 0 Å². The minimum Gasteiger partial charge on any atom is -0.519 e. The lowest BCUT2D eigenvalue weighted by atomic mass is 9.76. The summed E-state index contributed by atoms with van der Waals surface area (Å²) in [5, 5.41) is 0. The van der Waals surface area contributed by atoms with Crippen LogP contribution in [0.25, 0.3) is 6.08 Å². The van der Waals surface area contributed by atoms with E-state index in [-0.39, 0.29) is 12.7 Å². The van der Waals surface area contributed by atoms with Crippen molar-refractivity contribution < 1.29 is 32.8 Å². The maximum Gasteiger partial charge on any atom is 0.270 e. The van der Waals surface area contributed by atoms with Crippen molar-refractivity contribution >= 4 is 14.4 Å². The molecule has 7 nitrogen and oxygen atoms in total. The van der Waals surface area contributed by atoms with Crippen LogP contribution in [0.4, 0.5) is 0 Å². The van der Waals surface area contributed by atoms with Gasteiger partial charge >= 0.3 is 0 Å². The Morgan fingerprint density at radius 2 is 1.52 bits per heavy atom. The van der Waals surface area contributed by atoms with Crippen LogP contribution in [-0.2, 0) is 9.16 Å². The lowest BCUT2D eigenvalue weighted by molar-refractivity contribution is 0.134. The summed E-state index contributed by atoms with van der Waals surface area (Å²) in [5.74, 6) is 3.65. The van der Waals surface area contributed by atoms with E-state index in [9.17, 15) is 0 Å². The number of rotatable bonds is 6. The molecule has 0 amide bonds. The number of hydrogen-bond acceptors (Lipinski definition) is 7. The summed E-state index contributed by atoms with van der Waals surface area (Å²) in [6, 6.07) is 8.06. The minimum absolute atomic E-state index is 0.169. The standard InChI is InChI=1S/C25H28O7Si/c1-26-20-9-15(10-21(27-2)24(20)28-3)22-17-11-19-18(30-13-31-19)8-14(17)7-16-12-29-25(23(16)22)32-33(4,5)6/h7-11,22H,12-13H2,1-6H3. The number of hydrogen-bond donors (Lipinski definition) is 0. The van der Waals surface area contributed by atoms with Crippen molar-refractivity contribution in [2.75, 3.05) is 34.7 Å². The highest BCUT2D eigenvalue weighted by Gasteiger charge is 2.39. The molecule has 0 N–H and O–H groups in total. The Kier molecular flexibility index (Phi) is 5.20. The molecule has 1 aliphatic carbocycles. The largest absolute Gasteiger partial charge is 0.519 e. The van der Waals surface area contributed by atoms with E-state index in [1.807, 2.05) is 18.2 Å². The first-order chi connectivity index (χ1) is 15.8. The fourth-order valence-corrected chi connectivity index (χ4v) is 5.25. The Bertz CT molecular complexity index is 1150. The number of fused-ring (bicyclic) bond motifs is 3. The SMILES string of the molecule is COc1cc(C2C3=C(O[Si](C)(C)C)OCC3=Cc3cc4c(cc32)OCO4)cc(OC)c1OC. The van der Waals surface area contributed by atoms with E-state index in [4.69, 9.17) is 32.8 Å². The van der Waals surface area contributed by atoms with E-state index in [1.165, 1.54) is 0 Å². The Morgan fingerprint density at radius 1 is 0.848 bits per heavy atom. The molecule has 1 unspecified atom stereocenters. The second-order valence-electron chi connectivity index (χ2n) is 9.10. The molecule has 2 aromatic rings. The number of ether oxygens (including phenoxy) is 6. The van der Waals surface area contributed by atoms with Crippen LogP contribution in [0.2, 0.25) is 19.6 Å². The molecule has 0 saturated heterocycles. The van der Waals surface area contributed by atoms with E-state index in [0.29, 0.717) is 29.8 Å². The fraction of sp³-hybridized carbons (Fsp3) is 0.360. The summed E-state index contributed by atoms with van der Waals surface area (Å²) in [5.41, 5.74) is 5.24. The monoisotopic (exact) mass is 468 g/mol. The van der Waals surface area contributed by atoms with Gasteiger partial charge in [-0.25, -0.2) is 0 Å². The predicted molar refractivity (Wildman–Crippen MR) is 126 cm³/mol. The maximum atomic E-state index is 6.40. The first-order valence-electron chi connectivity index (χ1n) is 10.8. The second-order valence-corrected chi connectivity index (χ2v) is 13.5. The molecular formula is C25H28O7Si. The lowest BCUT2D eigenvalue weighted by Gasteiger charge is -2.28. The van der Waals surface area contributed by atoms with E-state index >= 15 is 0 Å². The Morgan fingerprint density at radius 3 is 2.12 bits per heavy atom. The van der Waals surface area contributed by atoms with Crippen LogP contribution in [-0.4, -0.2) is 43.0 Å². The zero-order chi connectivity index (χ0) is 23.3. The van der Waals surface area contributed by atoms with Crippen molar-refractivity contribution in [2.24, 2.45) is 0 Å². The zero-order valence-corrected chi connectivity index (χ0v) is 20.7. The molecule has 0 aromatic heterocycles. The van der Waals surface area contributed by atoms with Crippen LogP contribution in [0, 0.1) is 0 Å². The molecule has 0 radical (unpaired) electrons. The molecule has 0 bridgehead atoms. The van der Waals surface area contributed by atoms with Gasteiger partial charge in [0.05, 0.1) is 21.3 Å². The zero-order valence-electron chi connectivity index (χ0n) is 19.7. The topological polar surface area (TPSA) is 64.6 Å². The van der Waals surface area contributed by atoms with Crippen LogP contribution in [0.1, 0.15) is 22.6 Å². The van der Waals surface area contributed by atoms with Crippen molar-refractivity contribution in [3.8, 4) is 28.7 Å². The summed E-state index contributed by atoms with van der Waals surface area (Å²) in [4.78, 5) is 0. The van der Waals surface area contributed by atoms with Gasteiger partial charge in [-0.05, 0) is 66.7 Å². The third kappa shape index (κ3) is 3.68. The van der Waals surface area contributed by atoms with Gasteiger partial charge in [-0.1, -0.05) is 0 Å². The van der Waals surface area contributed by atoms with E-state index in [2.05, 4.69) is 31.8 Å². The second kappa shape index (κ2) is 7.95. The molecule has 0 saturated carbocycles. The van der Waals surface area contributed by atoms with E-state index in [1.54, 1.807) is 21.3 Å². The van der Waals surface area contributed by atoms with Gasteiger partial charge in [-0.15, -0.1) is 0 Å². The molecule has 1 atom stereocenters. The molecule has 33 heavy (non-hydrogen) atoms. The van der Waals surface area contributed by atoms with Crippen LogP contribution in [0.5, 0.6) is 28.7 Å². The van der Waals surface area contributed by atoms with Gasteiger partial charge in [0.15, 0.2) is 23.0 Å². The molecule has 5 rings (SSSR count). The van der Waals surface area contributed by atoms with Crippen molar-refractivity contribution in [3.05, 3.63) is 58.0 Å². The summed E-state index contributed by atoms with van der Waals surface area (Å²) < 4.78 is 40.7. The maximum absolute atomic E-state index is 6.40. The van der Waals surface area contributed by atoms with Gasteiger partial charge in [0.1, 0.15) is 6.61 Å².